The van der Waals surface area contributed by atoms with Crippen LogP contribution in [0.1, 0.15) is 53.2 Å². The van der Waals surface area contributed by atoms with Crippen LogP contribution in [0.3, 0.4) is 0 Å². The van der Waals surface area contributed by atoms with E-state index in [9.17, 15) is 9.59 Å². The molecule has 0 spiro atoms. The highest BCUT2D eigenvalue weighted by molar-refractivity contribution is 7.20. The lowest BCUT2D eigenvalue weighted by Crippen LogP contribution is -2.38. The smallest absolute Gasteiger partial charge is 0.262 e. The summed E-state index contributed by atoms with van der Waals surface area (Å²) in [6, 6.07) is 0.0263. The van der Waals surface area contributed by atoms with Gasteiger partial charge in [-0.3, -0.25) is 14.2 Å². The van der Waals surface area contributed by atoms with Crippen molar-refractivity contribution < 1.29 is 4.79 Å². The molecular formula is C18H24N4O2S. The van der Waals surface area contributed by atoms with Crippen LogP contribution in [0.15, 0.2) is 4.79 Å². The van der Waals surface area contributed by atoms with Crippen LogP contribution in [-0.4, -0.2) is 28.0 Å². The minimum Gasteiger partial charge on any atom is -0.350 e. The van der Waals surface area contributed by atoms with Crippen LogP contribution in [0.5, 0.6) is 0 Å². The average Bonchev–Trinajstić information content (AvgIpc) is 3.40. The third-order valence-electron chi connectivity index (χ3n) is 5.34. The second-order valence-corrected chi connectivity index (χ2v) is 8.24. The predicted molar refractivity (Wildman–Crippen MR) is 99.2 cm³/mol. The average molecular weight is 360 g/mol. The Morgan fingerprint density at radius 1 is 1.40 bits per heavy atom. The van der Waals surface area contributed by atoms with E-state index in [1.165, 1.54) is 11.3 Å². The Labute approximate surface area is 150 Å². The van der Waals surface area contributed by atoms with E-state index in [4.69, 9.17) is 10.7 Å². The Kier molecular flexibility index (Phi) is 4.37. The predicted octanol–water partition coefficient (Wildman–Crippen LogP) is 1.96. The Hall–Kier alpha value is -1.73. The highest BCUT2D eigenvalue weighted by atomic mass is 32.1. The van der Waals surface area contributed by atoms with E-state index >= 15 is 0 Å². The van der Waals surface area contributed by atoms with Gasteiger partial charge in [0.25, 0.3) is 11.5 Å². The number of carbonyl (C=O) groups excluding carboxylic acids is 1. The van der Waals surface area contributed by atoms with Crippen molar-refractivity contribution in [3.63, 3.8) is 0 Å². The van der Waals surface area contributed by atoms with Crippen molar-refractivity contribution >= 4 is 27.5 Å². The maximum atomic E-state index is 12.9. The fourth-order valence-corrected chi connectivity index (χ4v) is 4.72. The Morgan fingerprint density at radius 3 is 2.96 bits per heavy atom. The number of nitrogens with one attached hydrogen (secondary N) is 1. The van der Waals surface area contributed by atoms with Crippen LogP contribution in [0.25, 0.3) is 10.2 Å². The van der Waals surface area contributed by atoms with Gasteiger partial charge in [-0.05, 0) is 44.1 Å². The summed E-state index contributed by atoms with van der Waals surface area (Å²) < 4.78 is 1.81. The summed E-state index contributed by atoms with van der Waals surface area (Å²) in [7, 11) is 0. The minimum atomic E-state index is -0.142. The molecule has 1 amide bonds. The summed E-state index contributed by atoms with van der Waals surface area (Å²) in [5.74, 6) is 1.26. The molecule has 1 aliphatic carbocycles. The second kappa shape index (κ2) is 6.53. The van der Waals surface area contributed by atoms with Gasteiger partial charge in [0.2, 0.25) is 0 Å². The molecule has 134 valence electrons. The first-order valence-corrected chi connectivity index (χ1v) is 9.94. The zero-order valence-corrected chi connectivity index (χ0v) is 15.3. The quantitative estimate of drug-likeness (QED) is 0.872. The summed E-state index contributed by atoms with van der Waals surface area (Å²) in [6.07, 6.45) is 6.35. The summed E-state index contributed by atoms with van der Waals surface area (Å²) in [4.78, 5) is 31.5. The maximum Gasteiger partial charge on any atom is 0.262 e. The van der Waals surface area contributed by atoms with Crippen molar-refractivity contribution in [1.29, 1.82) is 0 Å². The monoisotopic (exact) mass is 360 g/mol. The van der Waals surface area contributed by atoms with E-state index in [2.05, 4.69) is 5.32 Å². The van der Waals surface area contributed by atoms with Crippen LogP contribution in [0.4, 0.5) is 0 Å². The SMILES string of the molecule is Cc1c(C(=O)NCC(N)C2CC2)sc2nc3n(c(=O)c12)CCCCC3. The molecule has 1 aliphatic heterocycles. The van der Waals surface area contributed by atoms with Gasteiger partial charge in [-0.15, -0.1) is 11.3 Å². The first-order valence-electron chi connectivity index (χ1n) is 9.13. The lowest BCUT2D eigenvalue weighted by molar-refractivity contribution is 0.0954. The zero-order valence-electron chi connectivity index (χ0n) is 14.5. The van der Waals surface area contributed by atoms with E-state index < -0.39 is 0 Å². The zero-order chi connectivity index (χ0) is 17.6. The van der Waals surface area contributed by atoms with Gasteiger partial charge in [0.05, 0.1) is 10.3 Å². The maximum absolute atomic E-state index is 12.9. The van der Waals surface area contributed by atoms with Gasteiger partial charge in [0.15, 0.2) is 0 Å². The summed E-state index contributed by atoms with van der Waals surface area (Å²) in [6.45, 7) is 3.06. The minimum absolute atomic E-state index is 0.00406. The van der Waals surface area contributed by atoms with E-state index in [1.807, 2.05) is 6.92 Å². The fourth-order valence-electron chi connectivity index (χ4n) is 3.61. The normalized spacial score (nSPS) is 18.6. The number of rotatable bonds is 4. The van der Waals surface area contributed by atoms with Gasteiger partial charge >= 0.3 is 0 Å². The first-order chi connectivity index (χ1) is 12.1. The molecule has 2 aromatic heterocycles. The van der Waals surface area contributed by atoms with Crippen molar-refractivity contribution in [2.24, 2.45) is 11.7 Å². The summed E-state index contributed by atoms with van der Waals surface area (Å²) >= 11 is 1.32. The number of nitrogens with two attached hydrogens (primary N) is 1. The molecule has 3 N–H and O–H groups in total. The molecule has 1 saturated carbocycles. The van der Waals surface area contributed by atoms with Gasteiger partial charge in [-0.2, -0.15) is 0 Å². The molecule has 1 unspecified atom stereocenters. The van der Waals surface area contributed by atoms with Gasteiger partial charge in [-0.25, -0.2) is 4.98 Å². The molecule has 0 radical (unpaired) electrons. The molecule has 0 saturated heterocycles. The summed E-state index contributed by atoms with van der Waals surface area (Å²) in [5.41, 5.74) is 6.81. The van der Waals surface area contributed by atoms with E-state index in [0.29, 0.717) is 27.6 Å². The molecule has 3 heterocycles. The van der Waals surface area contributed by atoms with Gasteiger partial charge in [0, 0.05) is 25.6 Å². The molecule has 1 fully saturated rings. The Bertz CT molecular complexity index is 881. The second-order valence-electron chi connectivity index (χ2n) is 7.24. The Morgan fingerprint density at radius 2 is 2.20 bits per heavy atom. The number of hydrogen-bond donors (Lipinski definition) is 2. The first kappa shape index (κ1) is 16.7. The number of nitrogens with zero attached hydrogens (tertiary/aromatic N) is 2. The number of aromatic nitrogens is 2. The van der Waals surface area contributed by atoms with Crippen molar-refractivity contribution in [3.05, 3.63) is 26.6 Å². The fraction of sp³-hybridized carbons (Fsp3) is 0.611. The molecular weight excluding hydrogens is 336 g/mol. The topological polar surface area (TPSA) is 90.0 Å². The van der Waals surface area contributed by atoms with E-state index in [-0.39, 0.29) is 17.5 Å². The highest BCUT2D eigenvalue weighted by Crippen LogP contribution is 2.31. The van der Waals surface area contributed by atoms with E-state index in [1.54, 1.807) is 4.57 Å². The van der Waals surface area contributed by atoms with Crippen molar-refractivity contribution in [3.8, 4) is 0 Å². The van der Waals surface area contributed by atoms with Gasteiger partial charge in [0.1, 0.15) is 10.7 Å². The number of thiophene rings is 1. The largest absolute Gasteiger partial charge is 0.350 e. The van der Waals surface area contributed by atoms with Gasteiger partial charge < -0.3 is 11.1 Å². The lowest BCUT2D eigenvalue weighted by atomic mass is 10.2. The van der Waals surface area contributed by atoms with Crippen LogP contribution >= 0.6 is 11.3 Å². The Balaban J connectivity index is 1.66. The van der Waals surface area contributed by atoms with Crippen molar-refractivity contribution in [1.82, 2.24) is 14.9 Å². The van der Waals surface area contributed by atoms with Crippen LogP contribution < -0.4 is 16.6 Å². The standard InChI is InChI=1S/C18H24N4O2S/c1-10-14-17(21-13-5-3-2-4-8-22(13)18(14)24)25-15(10)16(23)20-9-12(19)11-6-7-11/h11-12H,2-9,19H2,1H3,(H,20,23). The van der Waals surface area contributed by atoms with Crippen LogP contribution in [0.2, 0.25) is 0 Å². The van der Waals surface area contributed by atoms with E-state index in [0.717, 1.165) is 56.5 Å². The molecule has 1 atom stereocenters. The lowest BCUT2D eigenvalue weighted by Gasteiger charge is -2.11. The molecule has 25 heavy (non-hydrogen) atoms. The molecule has 0 bridgehead atoms. The molecule has 2 aromatic rings. The van der Waals surface area contributed by atoms with Crippen molar-refractivity contribution in [2.75, 3.05) is 6.54 Å². The third-order valence-corrected chi connectivity index (χ3v) is 6.53. The molecule has 0 aromatic carbocycles. The number of carbonyl (C=O) groups is 1. The molecule has 7 heteroatoms. The number of amides is 1. The molecule has 2 aliphatic rings. The number of aryl methyl sites for hydroxylation is 2. The van der Waals surface area contributed by atoms with Crippen molar-refractivity contribution in [2.45, 2.75) is 58.0 Å². The third kappa shape index (κ3) is 3.11. The highest BCUT2D eigenvalue weighted by Gasteiger charge is 2.29. The number of hydrogen-bond acceptors (Lipinski definition) is 5. The van der Waals surface area contributed by atoms with Gasteiger partial charge in [-0.1, -0.05) is 6.42 Å². The molecule has 6 nitrogen and oxygen atoms in total. The van der Waals surface area contributed by atoms with Crippen LogP contribution in [-0.2, 0) is 13.0 Å². The van der Waals surface area contributed by atoms with Crippen LogP contribution in [0, 0.1) is 12.8 Å². The molecule has 4 rings (SSSR count). The number of fused-ring (bicyclic) bond motifs is 2. The summed E-state index contributed by atoms with van der Waals surface area (Å²) in [5, 5.41) is 3.53.